The van der Waals surface area contributed by atoms with Crippen molar-refractivity contribution < 1.29 is 9.18 Å². The second-order valence-corrected chi connectivity index (χ2v) is 5.46. The van der Waals surface area contributed by atoms with Crippen LogP contribution in [0.4, 0.5) is 10.1 Å². The predicted octanol–water partition coefficient (Wildman–Crippen LogP) is 4.07. The van der Waals surface area contributed by atoms with Crippen molar-refractivity contribution in [2.75, 3.05) is 11.4 Å². The van der Waals surface area contributed by atoms with E-state index >= 15 is 0 Å². The highest BCUT2D eigenvalue weighted by Crippen LogP contribution is 2.28. The Labute approximate surface area is 124 Å². The number of nitrogens with zero attached hydrogens (tertiary/aromatic N) is 1. The van der Waals surface area contributed by atoms with Gasteiger partial charge in [-0.1, -0.05) is 30.3 Å². The highest BCUT2D eigenvalue weighted by Gasteiger charge is 2.27. The molecular formula is C18H18FNO. The highest BCUT2D eigenvalue weighted by atomic mass is 19.1. The molecule has 3 rings (SSSR count). The monoisotopic (exact) mass is 283 g/mol. The summed E-state index contributed by atoms with van der Waals surface area (Å²) in [6.45, 7) is 0.977. The van der Waals surface area contributed by atoms with Crippen LogP contribution in [-0.2, 0) is 0 Å². The molecule has 0 bridgehead atoms. The molecule has 3 heteroatoms. The number of carbonyl (C=O) groups is 1. The summed E-state index contributed by atoms with van der Waals surface area (Å²) in [5, 5.41) is 0. The van der Waals surface area contributed by atoms with Gasteiger partial charge in [0.05, 0.1) is 0 Å². The molecule has 0 radical (unpaired) electrons. The largest absolute Gasteiger partial charge is 0.368 e. The molecule has 0 saturated carbocycles. The summed E-state index contributed by atoms with van der Waals surface area (Å²) in [5.41, 5.74) is 1.63. The maximum absolute atomic E-state index is 13.2. The number of ketones is 1. The van der Waals surface area contributed by atoms with Crippen LogP contribution in [0, 0.1) is 5.82 Å². The number of Topliss-reactive ketones (excluding diaryl/α,β-unsaturated/α-hetero) is 1. The first-order chi connectivity index (χ1) is 10.2. The molecule has 2 aromatic rings. The summed E-state index contributed by atoms with van der Waals surface area (Å²) >= 11 is 0. The van der Waals surface area contributed by atoms with Crippen molar-refractivity contribution in [2.45, 2.75) is 25.3 Å². The Morgan fingerprint density at radius 2 is 1.95 bits per heavy atom. The van der Waals surface area contributed by atoms with Crippen LogP contribution in [0.15, 0.2) is 54.6 Å². The van der Waals surface area contributed by atoms with Gasteiger partial charge in [0.15, 0.2) is 5.78 Å². The Morgan fingerprint density at radius 3 is 2.71 bits per heavy atom. The molecule has 2 nitrogen and oxygen atoms in total. The van der Waals surface area contributed by atoms with Gasteiger partial charge in [-0.2, -0.15) is 0 Å². The number of para-hydroxylation sites is 1. The molecule has 21 heavy (non-hydrogen) atoms. The first kappa shape index (κ1) is 13.8. The van der Waals surface area contributed by atoms with Gasteiger partial charge in [0.1, 0.15) is 5.82 Å². The molecule has 1 heterocycles. The van der Waals surface area contributed by atoms with E-state index in [-0.39, 0.29) is 17.6 Å². The lowest BCUT2D eigenvalue weighted by molar-refractivity contribution is 0.0974. The van der Waals surface area contributed by atoms with E-state index in [1.807, 2.05) is 18.2 Å². The van der Waals surface area contributed by atoms with Crippen LogP contribution in [0.5, 0.6) is 0 Å². The second-order valence-electron chi connectivity index (χ2n) is 5.46. The number of rotatable bonds is 4. The third-order valence-corrected chi connectivity index (χ3v) is 4.03. The number of halogens is 1. The molecule has 1 fully saturated rings. The Morgan fingerprint density at radius 1 is 1.14 bits per heavy atom. The van der Waals surface area contributed by atoms with Crippen molar-refractivity contribution in [3.05, 3.63) is 66.0 Å². The van der Waals surface area contributed by atoms with E-state index in [1.54, 1.807) is 12.1 Å². The number of hydrogen-bond donors (Lipinski definition) is 0. The summed E-state index contributed by atoms with van der Waals surface area (Å²) in [7, 11) is 0. The SMILES string of the molecule is O=C(C[C@H]1CCCN1c1ccccc1)c1cccc(F)c1. The van der Waals surface area contributed by atoms with Crippen LogP contribution in [0.2, 0.25) is 0 Å². The molecule has 0 aromatic heterocycles. The maximum atomic E-state index is 13.2. The number of anilines is 1. The van der Waals surface area contributed by atoms with Gasteiger partial charge in [-0.3, -0.25) is 4.79 Å². The lowest BCUT2D eigenvalue weighted by Crippen LogP contribution is -2.31. The van der Waals surface area contributed by atoms with E-state index < -0.39 is 0 Å². The maximum Gasteiger partial charge on any atom is 0.165 e. The van der Waals surface area contributed by atoms with Gasteiger partial charge in [-0.25, -0.2) is 4.39 Å². The second kappa shape index (κ2) is 6.08. The third-order valence-electron chi connectivity index (χ3n) is 4.03. The highest BCUT2D eigenvalue weighted by molar-refractivity contribution is 5.96. The molecule has 0 unspecified atom stereocenters. The zero-order valence-corrected chi connectivity index (χ0v) is 11.8. The topological polar surface area (TPSA) is 20.3 Å². The fraction of sp³-hybridized carbons (Fsp3) is 0.278. The van der Waals surface area contributed by atoms with Gasteiger partial charge in [-0.15, -0.1) is 0 Å². The van der Waals surface area contributed by atoms with Crippen molar-refractivity contribution >= 4 is 11.5 Å². The standard InChI is InChI=1S/C18H18FNO/c19-15-7-4-6-14(12-15)18(21)13-17-10-5-11-20(17)16-8-2-1-3-9-16/h1-4,6-9,12,17H,5,10-11,13H2/t17-/m1/s1. The molecule has 0 N–H and O–H groups in total. The van der Waals surface area contributed by atoms with E-state index in [1.165, 1.54) is 12.1 Å². The Hall–Kier alpha value is -2.16. The van der Waals surface area contributed by atoms with Gasteiger partial charge in [-0.05, 0) is 37.1 Å². The first-order valence-electron chi connectivity index (χ1n) is 7.34. The third kappa shape index (κ3) is 3.13. The zero-order chi connectivity index (χ0) is 14.7. The molecule has 108 valence electrons. The summed E-state index contributed by atoms with van der Waals surface area (Å²) in [6, 6.07) is 16.3. The molecule has 1 aliphatic heterocycles. The number of benzene rings is 2. The van der Waals surface area contributed by atoms with Crippen LogP contribution in [0.3, 0.4) is 0 Å². The average molecular weight is 283 g/mol. The van der Waals surface area contributed by atoms with Crippen molar-refractivity contribution in [1.82, 2.24) is 0 Å². The Kier molecular flexibility index (Phi) is 4.00. The smallest absolute Gasteiger partial charge is 0.165 e. The number of hydrogen-bond acceptors (Lipinski definition) is 2. The van der Waals surface area contributed by atoms with E-state index in [0.29, 0.717) is 12.0 Å². The van der Waals surface area contributed by atoms with Gasteiger partial charge in [0, 0.05) is 30.3 Å². The van der Waals surface area contributed by atoms with Crippen LogP contribution in [0.1, 0.15) is 29.6 Å². The van der Waals surface area contributed by atoms with E-state index in [9.17, 15) is 9.18 Å². The molecule has 0 aliphatic carbocycles. The molecule has 0 amide bonds. The van der Waals surface area contributed by atoms with Crippen LogP contribution in [-0.4, -0.2) is 18.4 Å². The molecule has 0 spiro atoms. The summed E-state index contributed by atoms with van der Waals surface area (Å²) < 4.78 is 13.2. The van der Waals surface area contributed by atoms with Crippen LogP contribution in [0.25, 0.3) is 0 Å². The van der Waals surface area contributed by atoms with Gasteiger partial charge in [0.2, 0.25) is 0 Å². The minimum atomic E-state index is -0.354. The molecular weight excluding hydrogens is 265 g/mol. The summed E-state index contributed by atoms with van der Waals surface area (Å²) in [4.78, 5) is 14.6. The summed E-state index contributed by atoms with van der Waals surface area (Å²) in [6.07, 6.45) is 2.55. The normalized spacial score (nSPS) is 18.0. The lowest BCUT2D eigenvalue weighted by Gasteiger charge is -2.26. The lowest BCUT2D eigenvalue weighted by atomic mass is 10.0. The van der Waals surface area contributed by atoms with E-state index in [4.69, 9.17) is 0 Å². The van der Waals surface area contributed by atoms with Gasteiger partial charge in [0.25, 0.3) is 0 Å². The molecule has 1 atom stereocenters. The van der Waals surface area contributed by atoms with Crippen molar-refractivity contribution in [3.63, 3.8) is 0 Å². The van der Waals surface area contributed by atoms with Gasteiger partial charge >= 0.3 is 0 Å². The van der Waals surface area contributed by atoms with Crippen molar-refractivity contribution in [1.29, 1.82) is 0 Å². The fourth-order valence-electron chi connectivity index (χ4n) is 3.00. The minimum Gasteiger partial charge on any atom is -0.368 e. The Balaban J connectivity index is 1.73. The minimum absolute atomic E-state index is 0.0160. The van der Waals surface area contributed by atoms with Crippen LogP contribution >= 0.6 is 0 Å². The fourth-order valence-corrected chi connectivity index (χ4v) is 3.00. The van der Waals surface area contributed by atoms with Crippen molar-refractivity contribution in [2.24, 2.45) is 0 Å². The van der Waals surface area contributed by atoms with Gasteiger partial charge < -0.3 is 4.90 Å². The quantitative estimate of drug-likeness (QED) is 0.788. The first-order valence-corrected chi connectivity index (χ1v) is 7.34. The summed E-state index contributed by atoms with van der Waals surface area (Å²) in [5.74, 6) is -0.338. The van der Waals surface area contributed by atoms with Crippen LogP contribution < -0.4 is 4.90 Å². The molecule has 1 saturated heterocycles. The Bertz CT molecular complexity index is 626. The van der Waals surface area contributed by atoms with E-state index in [0.717, 1.165) is 25.1 Å². The average Bonchev–Trinajstić information content (AvgIpc) is 2.96. The van der Waals surface area contributed by atoms with E-state index in [2.05, 4.69) is 17.0 Å². The number of carbonyl (C=O) groups excluding carboxylic acids is 1. The zero-order valence-electron chi connectivity index (χ0n) is 11.8. The predicted molar refractivity (Wildman–Crippen MR) is 82.2 cm³/mol. The van der Waals surface area contributed by atoms with Crippen molar-refractivity contribution in [3.8, 4) is 0 Å². The molecule has 1 aliphatic rings. The molecule has 2 aromatic carbocycles.